The van der Waals surface area contributed by atoms with Gasteiger partial charge >= 0.3 is 5.97 Å². The summed E-state index contributed by atoms with van der Waals surface area (Å²) < 4.78 is 4.64. The smallest absolute Gasteiger partial charge is 0.358 e. The van der Waals surface area contributed by atoms with Gasteiger partial charge in [-0.25, -0.2) is 14.8 Å². The number of aryl methyl sites for hydroxylation is 1. The second-order valence-electron chi connectivity index (χ2n) is 3.89. The van der Waals surface area contributed by atoms with Crippen molar-refractivity contribution in [1.82, 2.24) is 15.3 Å². The van der Waals surface area contributed by atoms with Crippen molar-refractivity contribution in [3.05, 3.63) is 17.6 Å². The molecule has 6 heteroatoms. The largest absolute Gasteiger partial charge is 0.464 e. The number of aromatic nitrogens is 2. The first-order valence-electron chi connectivity index (χ1n) is 5.60. The lowest BCUT2D eigenvalue weighted by Crippen LogP contribution is -2.44. The number of nitrogens with one attached hydrogen (secondary N) is 1. The summed E-state index contributed by atoms with van der Waals surface area (Å²) >= 11 is 0. The molecule has 1 aliphatic heterocycles. The first-order chi connectivity index (χ1) is 8.22. The molecule has 0 amide bonds. The minimum absolute atomic E-state index is 0.284. The predicted molar refractivity (Wildman–Crippen MR) is 63.2 cm³/mol. The maximum atomic E-state index is 11.4. The molecule has 0 unspecified atom stereocenters. The van der Waals surface area contributed by atoms with E-state index in [0.717, 1.165) is 32.0 Å². The highest BCUT2D eigenvalue weighted by atomic mass is 16.5. The molecule has 1 fully saturated rings. The number of hydrogen-bond donors (Lipinski definition) is 1. The van der Waals surface area contributed by atoms with Gasteiger partial charge in [0.1, 0.15) is 5.82 Å². The van der Waals surface area contributed by atoms with Crippen LogP contribution in [0.3, 0.4) is 0 Å². The number of hydrogen-bond acceptors (Lipinski definition) is 6. The van der Waals surface area contributed by atoms with Crippen LogP contribution in [0, 0.1) is 6.92 Å². The Morgan fingerprint density at radius 3 is 2.76 bits per heavy atom. The topological polar surface area (TPSA) is 67.3 Å². The van der Waals surface area contributed by atoms with Crippen LogP contribution in [0.4, 0.5) is 5.82 Å². The van der Waals surface area contributed by atoms with Crippen molar-refractivity contribution in [3.8, 4) is 0 Å². The SMILES string of the molecule is COC(=O)c1ncc(N2CCNCC2)nc1C. The van der Waals surface area contributed by atoms with Crippen LogP contribution in [-0.4, -0.2) is 49.2 Å². The van der Waals surface area contributed by atoms with E-state index < -0.39 is 5.97 Å². The van der Waals surface area contributed by atoms with Crippen molar-refractivity contribution in [2.45, 2.75) is 6.92 Å². The minimum atomic E-state index is -0.443. The summed E-state index contributed by atoms with van der Waals surface area (Å²) in [6, 6.07) is 0. The zero-order valence-electron chi connectivity index (χ0n) is 10.1. The molecule has 1 N–H and O–H groups in total. The van der Waals surface area contributed by atoms with Crippen LogP contribution in [0.1, 0.15) is 16.2 Å². The summed E-state index contributed by atoms with van der Waals surface area (Å²) in [5, 5.41) is 3.27. The summed E-state index contributed by atoms with van der Waals surface area (Å²) in [6.07, 6.45) is 1.63. The van der Waals surface area contributed by atoms with Crippen molar-refractivity contribution in [2.75, 3.05) is 38.2 Å². The molecule has 1 aromatic rings. The summed E-state index contributed by atoms with van der Waals surface area (Å²) in [6.45, 7) is 5.47. The molecule has 0 bridgehead atoms. The molecule has 0 spiro atoms. The lowest BCUT2D eigenvalue weighted by Gasteiger charge is -2.28. The third-order valence-corrected chi connectivity index (χ3v) is 2.75. The Morgan fingerprint density at radius 1 is 1.47 bits per heavy atom. The number of rotatable bonds is 2. The highest BCUT2D eigenvalue weighted by molar-refractivity contribution is 5.88. The average Bonchev–Trinajstić information content (AvgIpc) is 2.39. The number of nitrogens with zero attached hydrogens (tertiary/aromatic N) is 3. The fraction of sp³-hybridized carbons (Fsp3) is 0.545. The third kappa shape index (κ3) is 2.52. The molecular formula is C11H16N4O2. The molecule has 0 saturated carbocycles. The van der Waals surface area contributed by atoms with Crippen LogP contribution >= 0.6 is 0 Å². The summed E-state index contributed by atoms with van der Waals surface area (Å²) in [7, 11) is 1.34. The number of carbonyl (C=O) groups excluding carboxylic acids is 1. The van der Waals surface area contributed by atoms with E-state index in [-0.39, 0.29) is 5.69 Å². The molecule has 0 aliphatic carbocycles. The second kappa shape index (κ2) is 5.09. The van der Waals surface area contributed by atoms with Crippen LogP contribution in [0.15, 0.2) is 6.20 Å². The van der Waals surface area contributed by atoms with Crippen LogP contribution < -0.4 is 10.2 Å². The van der Waals surface area contributed by atoms with Gasteiger partial charge in [-0.2, -0.15) is 0 Å². The van der Waals surface area contributed by atoms with Gasteiger partial charge in [0.2, 0.25) is 0 Å². The Kier molecular flexibility index (Phi) is 3.53. The molecule has 0 atom stereocenters. The Bertz CT molecular complexity index is 416. The van der Waals surface area contributed by atoms with E-state index in [4.69, 9.17) is 0 Å². The fourth-order valence-corrected chi connectivity index (χ4v) is 1.81. The molecule has 2 heterocycles. The third-order valence-electron chi connectivity index (χ3n) is 2.75. The van der Waals surface area contributed by atoms with Crippen molar-refractivity contribution < 1.29 is 9.53 Å². The van der Waals surface area contributed by atoms with Gasteiger partial charge in [-0.15, -0.1) is 0 Å². The summed E-state index contributed by atoms with van der Waals surface area (Å²) in [5.41, 5.74) is 0.888. The van der Waals surface area contributed by atoms with Gasteiger partial charge < -0.3 is 15.0 Å². The number of ether oxygens (including phenoxy) is 1. The van der Waals surface area contributed by atoms with Crippen LogP contribution in [0.25, 0.3) is 0 Å². The lowest BCUT2D eigenvalue weighted by atomic mass is 10.3. The molecule has 1 aliphatic rings. The molecule has 17 heavy (non-hydrogen) atoms. The van der Waals surface area contributed by atoms with Gasteiger partial charge in [-0.1, -0.05) is 0 Å². The fourth-order valence-electron chi connectivity index (χ4n) is 1.81. The van der Waals surface area contributed by atoms with E-state index in [1.807, 2.05) is 0 Å². The number of esters is 1. The molecule has 92 valence electrons. The maximum absolute atomic E-state index is 11.4. The van der Waals surface area contributed by atoms with Crippen molar-refractivity contribution in [2.24, 2.45) is 0 Å². The normalized spacial score (nSPS) is 15.8. The van der Waals surface area contributed by atoms with Gasteiger partial charge in [0.05, 0.1) is 19.0 Å². The van der Waals surface area contributed by atoms with E-state index in [1.165, 1.54) is 7.11 Å². The number of piperazine rings is 1. The van der Waals surface area contributed by atoms with Gasteiger partial charge in [-0.05, 0) is 6.92 Å². The Hall–Kier alpha value is -1.69. The highest BCUT2D eigenvalue weighted by Crippen LogP contribution is 2.13. The summed E-state index contributed by atoms with van der Waals surface area (Å²) in [5.74, 6) is 0.374. The molecular weight excluding hydrogens is 220 g/mol. The molecule has 1 saturated heterocycles. The van der Waals surface area contributed by atoms with Crippen molar-refractivity contribution in [1.29, 1.82) is 0 Å². The maximum Gasteiger partial charge on any atom is 0.358 e. The van der Waals surface area contributed by atoms with E-state index >= 15 is 0 Å². The summed E-state index contributed by atoms with van der Waals surface area (Å²) in [4.78, 5) is 22.0. The van der Waals surface area contributed by atoms with E-state index in [1.54, 1.807) is 13.1 Å². The van der Waals surface area contributed by atoms with Gasteiger partial charge in [-0.3, -0.25) is 0 Å². The average molecular weight is 236 g/mol. The van der Waals surface area contributed by atoms with Crippen molar-refractivity contribution >= 4 is 11.8 Å². The van der Waals surface area contributed by atoms with E-state index in [9.17, 15) is 4.79 Å². The molecule has 0 radical (unpaired) electrons. The quantitative estimate of drug-likeness (QED) is 0.728. The van der Waals surface area contributed by atoms with Gasteiger partial charge in [0.25, 0.3) is 0 Å². The Balaban J connectivity index is 2.20. The zero-order valence-corrected chi connectivity index (χ0v) is 10.1. The molecule has 0 aromatic carbocycles. The number of carbonyl (C=O) groups is 1. The van der Waals surface area contributed by atoms with E-state index in [2.05, 4.69) is 24.9 Å². The Morgan fingerprint density at radius 2 is 2.18 bits per heavy atom. The first kappa shape index (κ1) is 11.8. The minimum Gasteiger partial charge on any atom is -0.464 e. The first-order valence-corrected chi connectivity index (χ1v) is 5.60. The zero-order chi connectivity index (χ0) is 12.3. The molecule has 6 nitrogen and oxygen atoms in total. The predicted octanol–water partition coefficient (Wildman–Crippen LogP) is -0.0188. The number of methoxy groups -OCH3 is 1. The molecule has 2 rings (SSSR count). The number of anilines is 1. The van der Waals surface area contributed by atoms with E-state index in [0.29, 0.717) is 5.69 Å². The molecule has 1 aromatic heterocycles. The lowest BCUT2D eigenvalue weighted by molar-refractivity contribution is 0.0592. The monoisotopic (exact) mass is 236 g/mol. The van der Waals surface area contributed by atoms with Gasteiger partial charge in [0.15, 0.2) is 5.69 Å². The highest BCUT2D eigenvalue weighted by Gasteiger charge is 2.16. The van der Waals surface area contributed by atoms with Crippen molar-refractivity contribution in [3.63, 3.8) is 0 Å². The van der Waals surface area contributed by atoms with Crippen LogP contribution in [-0.2, 0) is 4.74 Å². The second-order valence-corrected chi connectivity index (χ2v) is 3.89. The standard InChI is InChI=1S/C11H16N4O2/c1-8-10(11(16)17-2)13-7-9(14-8)15-5-3-12-4-6-15/h7,12H,3-6H2,1-2H3. The van der Waals surface area contributed by atoms with Crippen LogP contribution in [0.5, 0.6) is 0 Å². The Labute approximate surface area is 100 Å². The van der Waals surface area contributed by atoms with Gasteiger partial charge in [0, 0.05) is 26.2 Å². The van der Waals surface area contributed by atoms with Crippen LogP contribution in [0.2, 0.25) is 0 Å².